The van der Waals surface area contributed by atoms with Crippen molar-refractivity contribution in [2.75, 3.05) is 0 Å². The van der Waals surface area contributed by atoms with E-state index in [9.17, 15) is 9.18 Å². The van der Waals surface area contributed by atoms with Gasteiger partial charge >= 0.3 is 0 Å². The van der Waals surface area contributed by atoms with Crippen molar-refractivity contribution >= 4 is 5.78 Å². The van der Waals surface area contributed by atoms with Gasteiger partial charge in [0, 0.05) is 0 Å². The van der Waals surface area contributed by atoms with E-state index in [2.05, 4.69) is 5.11 Å². The number of phenols is 1. The highest BCUT2D eigenvalue weighted by molar-refractivity contribution is 6.01. The first kappa shape index (κ1) is 8.23. The van der Waals surface area contributed by atoms with Crippen LogP contribution in [0.1, 0.15) is 22.8 Å². The second kappa shape index (κ2) is 3.56. The van der Waals surface area contributed by atoms with Gasteiger partial charge in [0.2, 0.25) is 0 Å². The van der Waals surface area contributed by atoms with E-state index in [0.29, 0.717) is 0 Å². The zero-order valence-corrected chi connectivity index (χ0v) is 7.50. The zero-order valence-electron chi connectivity index (χ0n) is 8.50. The van der Waals surface area contributed by atoms with Crippen molar-refractivity contribution in [3.63, 3.8) is 0 Å². The number of alkyl halides is 1. The molecule has 0 bridgehead atoms. The van der Waals surface area contributed by atoms with Crippen molar-refractivity contribution in [1.82, 2.24) is 0 Å². The molecule has 1 N–H and O–H groups in total. The van der Waals surface area contributed by atoms with E-state index in [1.54, 1.807) is 13.0 Å². The number of phenolic OH excluding ortho intramolecular Hbond substituents is 1. The van der Waals surface area contributed by atoms with E-state index < -0.39 is 12.0 Å². The normalized spacial score (nSPS) is 13.3. The predicted molar refractivity (Wildman–Crippen MR) is 47.7 cm³/mol. The Morgan fingerprint density at radius 1 is 1.69 bits per heavy atom. The molecule has 3 heteroatoms. The number of hydrogen-bond acceptors (Lipinski definition) is 2. The first-order chi connectivity index (χ1) is 6.56. The predicted octanol–water partition coefficient (Wildman–Crippen LogP) is 2.24. The Kier molecular flexibility index (Phi) is 2.25. The quantitative estimate of drug-likeness (QED) is 0.729. The van der Waals surface area contributed by atoms with E-state index in [0.717, 1.165) is 5.56 Å². The number of aromatic hydroxyl groups is 1. The minimum Gasteiger partial charge on any atom is -0.507 e. The fourth-order valence-electron chi connectivity index (χ4n) is 1.05. The molecule has 0 spiro atoms. The Labute approximate surface area is 77.5 Å². The number of Topliss-reactive ketones (excluding diaryl/α,β-unsaturated/α-hetero) is 1. The van der Waals surface area contributed by atoms with E-state index >= 15 is 0 Å². The molecule has 0 amide bonds. The third-order valence-corrected chi connectivity index (χ3v) is 1.76. The largest absolute Gasteiger partial charge is 0.507 e. The summed E-state index contributed by atoms with van der Waals surface area (Å²) in [5, 5.41) is 4.23. The molecule has 1 aromatic rings. The lowest BCUT2D eigenvalue weighted by Crippen LogP contribution is -2.11. The summed E-state index contributed by atoms with van der Waals surface area (Å²) in [7, 11) is 0. The smallest absolute Gasteiger partial charge is 0.293 e. The van der Waals surface area contributed by atoms with Crippen LogP contribution in [0, 0.1) is 6.92 Å². The Hall–Kier alpha value is -1.38. The average Bonchev–Trinajstić information content (AvgIpc) is 2.16. The molecule has 0 fully saturated rings. The lowest BCUT2D eigenvalue weighted by atomic mass is 10.0. The standard InChI is InChI=1S/C10H11FO2/c1-6-3-4-9(12)8(5-6)10(13)7(2)11/h3-5,7,12H,1-2H3/i/hD. The van der Waals surface area contributed by atoms with Crippen LogP contribution in [0.5, 0.6) is 5.75 Å². The topological polar surface area (TPSA) is 37.3 Å². The van der Waals surface area contributed by atoms with Crippen molar-refractivity contribution in [3.8, 4) is 5.75 Å². The monoisotopic (exact) mass is 183 g/mol. The summed E-state index contributed by atoms with van der Waals surface area (Å²) in [6.07, 6.45) is -1.58. The van der Waals surface area contributed by atoms with Gasteiger partial charge in [-0.1, -0.05) is 11.6 Å². The molecule has 0 aliphatic heterocycles. The lowest BCUT2D eigenvalue weighted by molar-refractivity contribution is 0.0890. The highest BCUT2D eigenvalue weighted by Crippen LogP contribution is 2.20. The number of halogens is 1. The van der Waals surface area contributed by atoms with Gasteiger partial charge in [0.05, 0.1) is 5.56 Å². The minimum absolute atomic E-state index is 0.0881. The molecule has 0 aromatic heterocycles. The van der Waals surface area contributed by atoms with Crippen molar-refractivity contribution in [1.29, 1.82) is 1.43 Å². The van der Waals surface area contributed by atoms with Crippen LogP contribution in [0.15, 0.2) is 18.2 Å². The molecular formula is C10H11FO2. The summed E-state index contributed by atoms with van der Waals surface area (Å²) in [6.45, 7) is 2.95. The van der Waals surface area contributed by atoms with E-state index in [1.165, 1.54) is 19.1 Å². The van der Waals surface area contributed by atoms with Crippen molar-refractivity contribution in [2.24, 2.45) is 0 Å². The van der Waals surface area contributed by atoms with Gasteiger partial charge in [-0.05, 0) is 26.0 Å². The number of ketones is 1. The molecule has 0 saturated heterocycles. The second-order valence-electron chi connectivity index (χ2n) is 2.98. The molecule has 0 saturated carbocycles. The molecular weight excluding hydrogens is 171 g/mol. The Bertz CT molecular complexity index is 350. The highest BCUT2D eigenvalue weighted by Gasteiger charge is 2.17. The van der Waals surface area contributed by atoms with Gasteiger partial charge in [-0.25, -0.2) is 4.39 Å². The number of hydrogen-bond donors (Lipinski definition) is 1. The van der Waals surface area contributed by atoms with Gasteiger partial charge in [-0.15, -0.1) is 0 Å². The summed E-state index contributed by atoms with van der Waals surface area (Å²) < 4.78 is 19.5. The van der Waals surface area contributed by atoms with Gasteiger partial charge in [-0.3, -0.25) is 4.79 Å². The first-order valence-corrected chi connectivity index (χ1v) is 3.98. The zero-order chi connectivity index (χ0) is 10.7. The summed E-state index contributed by atoms with van der Waals surface area (Å²) in [4.78, 5) is 11.3. The highest BCUT2D eigenvalue weighted by atomic mass is 19.1. The van der Waals surface area contributed by atoms with Crippen LogP contribution in [0.25, 0.3) is 0 Å². The molecule has 0 aliphatic carbocycles. The summed E-state index contributed by atoms with van der Waals surface area (Å²) in [5.41, 5.74) is 0.949. The Morgan fingerprint density at radius 2 is 2.38 bits per heavy atom. The Morgan fingerprint density at radius 3 is 2.92 bits per heavy atom. The van der Waals surface area contributed by atoms with Gasteiger partial charge < -0.3 is 5.11 Å². The maximum absolute atomic E-state index is 12.8. The molecule has 70 valence electrons. The molecule has 1 rings (SSSR count). The Balaban J connectivity index is 3.17. The maximum atomic E-state index is 12.8. The van der Waals surface area contributed by atoms with E-state index in [-0.39, 0.29) is 11.3 Å². The van der Waals surface area contributed by atoms with Crippen LogP contribution in [0.4, 0.5) is 4.39 Å². The van der Waals surface area contributed by atoms with Gasteiger partial charge in [0.1, 0.15) is 5.75 Å². The van der Waals surface area contributed by atoms with Crippen LogP contribution in [0.2, 0.25) is 0 Å². The number of carbonyl (C=O) groups is 1. The molecule has 0 radical (unpaired) electrons. The summed E-state index contributed by atoms with van der Waals surface area (Å²) in [6, 6.07) is 4.70. The SMILES string of the molecule is [2H]Oc1ccc(C)cc1C(=O)C(C)F. The van der Waals surface area contributed by atoms with E-state index in [4.69, 9.17) is 1.43 Å². The van der Waals surface area contributed by atoms with Crippen LogP contribution in [-0.4, -0.2) is 18.5 Å². The van der Waals surface area contributed by atoms with Crippen LogP contribution in [0.3, 0.4) is 0 Å². The fourth-order valence-corrected chi connectivity index (χ4v) is 1.05. The number of aryl methyl sites for hydroxylation is 1. The molecule has 1 aromatic carbocycles. The molecule has 2 nitrogen and oxygen atoms in total. The summed E-state index contributed by atoms with van der Waals surface area (Å²) >= 11 is 0. The molecule has 1 unspecified atom stereocenters. The molecule has 1 atom stereocenters. The number of rotatable bonds is 3. The van der Waals surface area contributed by atoms with E-state index in [1.807, 2.05) is 0 Å². The lowest BCUT2D eigenvalue weighted by Gasteiger charge is -2.04. The van der Waals surface area contributed by atoms with Crippen LogP contribution < -0.4 is 0 Å². The van der Waals surface area contributed by atoms with Crippen LogP contribution in [-0.2, 0) is 0 Å². The third kappa shape index (κ3) is 2.05. The van der Waals surface area contributed by atoms with Crippen molar-refractivity contribution < 1.29 is 14.3 Å². The first-order valence-electron chi connectivity index (χ1n) is 4.39. The van der Waals surface area contributed by atoms with Gasteiger partial charge in [0.15, 0.2) is 12.0 Å². The number of benzene rings is 1. The van der Waals surface area contributed by atoms with Crippen molar-refractivity contribution in [2.45, 2.75) is 20.0 Å². The average molecular weight is 183 g/mol. The van der Waals surface area contributed by atoms with Crippen LogP contribution >= 0.6 is 0 Å². The minimum atomic E-state index is -1.58. The summed E-state index contributed by atoms with van der Waals surface area (Å²) in [5.74, 6) is -0.568. The molecule has 0 aliphatic rings. The second-order valence-corrected chi connectivity index (χ2v) is 2.98. The third-order valence-electron chi connectivity index (χ3n) is 1.76. The molecule has 13 heavy (non-hydrogen) atoms. The fraction of sp³-hybridized carbons (Fsp3) is 0.300. The maximum Gasteiger partial charge on any atom is 0.293 e. The van der Waals surface area contributed by atoms with Crippen molar-refractivity contribution in [3.05, 3.63) is 29.3 Å². The van der Waals surface area contributed by atoms with Gasteiger partial charge in [0.25, 0.3) is 1.43 Å². The molecule has 0 heterocycles. The van der Waals surface area contributed by atoms with Gasteiger partial charge in [-0.2, -0.15) is 0 Å². The number of carbonyl (C=O) groups excluding carboxylic acids is 1.